The lowest BCUT2D eigenvalue weighted by molar-refractivity contribution is -0.886. The zero-order valence-corrected chi connectivity index (χ0v) is 12.4. The van der Waals surface area contributed by atoms with Gasteiger partial charge in [0.15, 0.2) is 5.78 Å². The number of Topliss-reactive ketones (excluding diaryl/α,β-unsaturated/α-hetero) is 1. The van der Waals surface area contributed by atoms with Gasteiger partial charge < -0.3 is 21.5 Å². The number of rotatable bonds is 7. The van der Waals surface area contributed by atoms with E-state index in [0.717, 1.165) is 10.9 Å². The Morgan fingerprint density at radius 3 is 2.00 bits per heavy atom. The second kappa shape index (κ2) is 8.28. The van der Waals surface area contributed by atoms with E-state index in [4.69, 9.17) is 0 Å². The molecule has 0 amide bonds. The van der Waals surface area contributed by atoms with Crippen molar-refractivity contribution in [1.82, 2.24) is 0 Å². The Morgan fingerprint density at radius 1 is 1.13 bits per heavy atom. The topological polar surface area (TPSA) is 17.1 Å². The smallest absolute Gasteiger partial charge is 0.186 e. The number of carbonyl (C=O) groups excluding carboxylic acids is 1. The molecular formula is C12H26BrNO. The summed E-state index contributed by atoms with van der Waals surface area (Å²) < 4.78 is 0.765. The lowest BCUT2D eigenvalue weighted by Crippen LogP contribution is -3.00. The molecule has 0 aliphatic heterocycles. The van der Waals surface area contributed by atoms with Crippen molar-refractivity contribution in [1.29, 1.82) is 0 Å². The number of halogens is 1. The van der Waals surface area contributed by atoms with E-state index in [9.17, 15) is 4.79 Å². The maximum Gasteiger partial charge on any atom is 0.186 e. The molecule has 15 heavy (non-hydrogen) atoms. The van der Waals surface area contributed by atoms with Crippen LogP contribution >= 0.6 is 0 Å². The Bertz CT molecular complexity index is 175. The van der Waals surface area contributed by atoms with Crippen LogP contribution in [-0.4, -0.2) is 37.5 Å². The van der Waals surface area contributed by atoms with Crippen LogP contribution < -0.4 is 17.0 Å². The minimum absolute atomic E-state index is 0. The van der Waals surface area contributed by atoms with E-state index >= 15 is 0 Å². The number of ketones is 1. The maximum atomic E-state index is 11.4. The number of unbranched alkanes of at least 4 members (excludes halogenated alkanes) is 3. The molecule has 0 aromatic heterocycles. The Balaban J connectivity index is 0. The molecule has 92 valence electrons. The third kappa shape index (κ3) is 7.97. The van der Waals surface area contributed by atoms with Gasteiger partial charge in [-0.3, -0.25) is 4.79 Å². The summed E-state index contributed by atoms with van der Waals surface area (Å²) in [5.74, 6) is 0.328. The summed E-state index contributed by atoms with van der Waals surface area (Å²) in [6.45, 7) is 3.93. The lowest BCUT2D eigenvalue weighted by atomic mass is 10.0. The number of hydrogen-bond acceptors (Lipinski definition) is 1. The van der Waals surface area contributed by atoms with Gasteiger partial charge in [-0.1, -0.05) is 26.2 Å². The van der Waals surface area contributed by atoms with Gasteiger partial charge in [-0.2, -0.15) is 0 Å². The number of likely N-dealkylation sites (N-methyl/N-ethyl adjacent to an activating group) is 1. The minimum atomic E-state index is 0. The zero-order chi connectivity index (χ0) is 11.2. The van der Waals surface area contributed by atoms with Crippen LogP contribution in [0, 0.1) is 0 Å². The Labute approximate surface area is 105 Å². The fourth-order valence-electron chi connectivity index (χ4n) is 1.90. The van der Waals surface area contributed by atoms with Crippen molar-refractivity contribution in [3.8, 4) is 0 Å². The molecule has 0 fully saturated rings. The first-order valence-corrected chi connectivity index (χ1v) is 5.71. The molecule has 0 rings (SSSR count). The second-order valence-corrected chi connectivity index (χ2v) is 5.09. The van der Waals surface area contributed by atoms with Crippen LogP contribution in [-0.2, 0) is 4.79 Å². The summed E-state index contributed by atoms with van der Waals surface area (Å²) in [7, 11) is 6.31. The van der Waals surface area contributed by atoms with E-state index in [0.29, 0.717) is 5.78 Å². The van der Waals surface area contributed by atoms with E-state index in [1.165, 1.54) is 25.7 Å². The van der Waals surface area contributed by atoms with Crippen LogP contribution in [0.15, 0.2) is 0 Å². The normalized spacial score (nSPS) is 13.1. The minimum Gasteiger partial charge on any atom is -1.00 e. The summed E-state index contributed by atoms with van der Waals surface area (Å²) in [5.41, 5.74) is 0. The highest BCUT2D eigenvalue weighted by atomic mass is 79.9. The first-order valence-electron chi connectivity index (χ1n) is 5.71. The molecule has 0 aromatic rings. The Kier molecular flexibility index (Phi) is 9.67. The van der Waals surface area contributed by atoms with E-state index < -0.39 is 0 Å². The van der Waals surface area contributed by atoms with Gasteiger partial charge in [0.2, 0.25) is 0 Å². The van der Waals surface area contributed by atoms with Gasteiger partial charge in [-0.15, -0.1) is 0 Å². The van der Waals surface area contributed by atoms with E-state index in [-0.39, 0.29) is 23.0 Å². The molecule has 0 aromatic carbocycles. The molecule has 0 radical (unpaired) electrons. The van der Waals surface area contributed by atoms with Crippen LogP contribution in [0.1, 0.15) is 46.0 Å². The van der Waals surface area contributed by atoms with E-state index in [2.05, 4.69) is 28.1 Å². The molecule has 0 bridgehead atoms. The van der Waals surface area contributed by atoms with Crippen molar-refractivity contribution >= 4 is 5.78 Å². The average Bonchev–Trinajstić information content (AvgIpc) is 2.01. The molecule has 2 nitrogen and oxygen atoms in total. The molecule has 0 aliphatic rings. The summed E-state index contributed by atoms with van der Waals surface area (Å²) >= 11 is 0. The van der Waals surface area contributed by atoms with Crippen molar-refractivity contribution in [3.05, 3.63) is 0 Å². The molecule has 0 heterocycles. The molecule has 0 saturated heterocycles. The Hall–Kier alpha value is 0.110. The van der Waals surface area contributed by atoms with Gasteiger partial charge >= 0.3 is 0 Å². The highest BCUT2D eigenvalue weighted by Crippen LogP contribution is 2.14. The number of quaternary nitrogens is 1. The summed E-state index contributed by atoms with van der Waals surface area (Å²) in [5, 5.41) is 0. The van der Waals surface area contributed by atoms with Crippen LogP contribution in [0.25, 0.3) is 0 Å². The molecule has 0 aliphatic carbocycles. The fraction of sp³-hybridized carbons (Fsp3) is 0.917. The first kappa shape index (κ1) is 17.5. The van der Waals surface area contributed by atoms with Crippen molar-refractivity contribution < 1.29 is 26.3 Å². The van der Waals surface area contributed by atoms with Crippen molar-refractivity contribution in [2.45, 2.75) is 52.0 Å². The highest BCUT2D eigenvalue weighted by Gasteiger charge is 2.27. The molecule has 0 N–H and O–H groups in total. The second-order valence-electron chi connectivity index (χ2n) is 5.09. The monoisotopic (exact) mass is 279 g/mol. The maximum absolute atomic E-state index is 11.4. The van der Waals surface area contributed by atoms with Gasteiger partial charge in [-0.25, -0.2) is 0 Å². The van der Waals surface area contributed by atoms with Crippen molar-refractivity contribution in [2.24, 2.45) is 0 Å². The number of carbonyl (C=O) groups is 1. The highest BCUT2D eigenvalue weighted by molar-refractivity contribution is 5.80. The van der Waals surface area contributed by atoms with E-state index in [1.807, 2.05) is 0 Å². The van der Waals surface area contributed by atoms with Gasteiger partial charge in [-0.05, 0) is 6.42 Å². The van der Waals surface area contributed by atoms with Gasteiger partial charge in [0, 0.05) is 13.3 Å². The largest absolute Gasteiger partial charge is 1.00 e. The summed E-state index contributed by atoms with van der Waals surface area (Å²) in [4.78, 5) is 11.4. The lowest BCUT2D eigenvalue weighted by Gasteiger charge is -2.32. The predicted molar refractivity (Wildman–Crippen MR) is 61.3 cm³/mol. The first-order chi connectivity index (χ1) is 6.39. The van der Waals surface area contributed by atoms with Gasteiger partial charge in [0.1, 0.15) is 6.04 Å². The Morgan fingerprint density at radius 2 is 1.67 bits per heavy atom. The predicted octanol–water partition coefficient (Wildman–Crippen LogP) is -0.375. The third-order valence-corrected chi connectivity index (χ3v) is 2.74. The molecule has 1 atom stereocenters. The average molecular weight is 280 g/mol. The third-order valence-electron chi connectivity index (χ3n) is 2.74. The summed E-state index contributed by atoms with van der Waals surface area (Å²) in [6, 6.07) is 0.187. The molecule has 1 unspecified atom stereocenters. The molecule has 0 saturated carbocycles. The van der Waals surface area contributed by atoms with Gasteiger partial charge in [0.05, 0.1) is 21.1 Å². The summed E-state index contributed by atoms with van der Waals surface area (Å²) in [6.07, 6.45) is 6.05. The van der Waals surface area contributed by atoms with Crippen molar-refractivity contribution in [2.75, 3.05) is 21.1 Å². The zero-order valence-electron chi connectivity index (χ0n) is 10.8. The standard InChI is InChI=1S/C12H26NO.BrH/c1-6-7-8-9-10-12(11(2)14)13(3,4)5;/h12H,6-10H2,1-5H3;1H/q+1;/p-1. The quantitative estimate of drug-likeness (QED) is 0.459. The van der Waals surface area contributed by atoms with E-state index in [1.54, 1.807) is 6.92 Å². The fourth-order valence-corrected chi connectivity index (χ4v) is 1.90. The van der Waals surface area contributed by atoms with Crippen LogP contribution in [0.4, 0.5) is 0 Å². The number of nitrogens with zero attached hydrogens (tertiary/aromatic N) is 1. The molecule has 0 spiro atoms. The van der Waals surface area contributed by atoms with Crippen molar-refractivity contribution in [3.63, 3.8) is 0 Å². The van der Waals surface area contributed by atoms with Gasteiger partial charge in [0.25, 0.3) is 0 Å². The number of hydrogen-bond donors (Lipinski definition) is 0. The molecular weight excluding hydrogens is 254 g/mol. The SMILES string of the molecule is CCCCCCC(C(C)=O)[N+](C)(C)C.[Br-]. The van der Waals surface area contributed by atoms with Crippen LogP contribution in [0.5, 0.6) is 0 Å². The van der Waals surface area contributed by atoms with Crippen LogP contribution in [0.2, 0.25) is 0 Å². The molecule has 3 heteroatoms. The van der Waals surface area contributed by atoms with Crippen LogP contribution in [0.3, 0.4) is 0 Å².